The van der Waals surface area contributed by atoms with Gasteiger partial charge in [0.1, 0.15) is 0 Å². The second-order valence-corrected chi connectivity index (χ2v) is 9.02. The number of hydrogen-bond donors (Lipinski definition) is 2. The van der Waals surface area contributed by atoms with Crippen LogP contribution in [0.1, 0.15) is 62.6 Å². The van der Waals surface area contributed by atoms with Crippen molar-refractivity contribution in [2.24, 2.45) is 5.92 Å². The Balaban J connectivity index is 1.30. The first-order valence-corrected chi connectivity index (χ1v) is 11.9. The maximum absolute atomic E-state index is 14.2. The van der Waals surface area contributed by atoms with Gasteiger partial charge >= 0.3 is 0 Å². The zero-order chi connectivity index (χ0) is 23.2. The number of benzene rings is 1. The van der Waals surface area contributed by atoms with E-state index in [4.69, 9.17) is 4.74 Å². The molecule has 1 aromatic carbocycles. The van der Waals surface area contributed by atoms with E-state index in [1.54, 1.807) is 6.20 Å². The van der Waals surface area contributed by atoms with Crippen molar-refractivity contribution in [2.75, 3.05) is 13.2 Å². The molecule has 0 radical (unpaired) electrons. The van der Waals surface area contributed by atoms with Gasteiger partial charge in [-0.05, 0) is 68.7 Å². The van der Waals surface area contributed by atoms with Crippen LogP contribution in [0.15, 0.2) is 24.4 Å². The van der Waals surface area contributed by atoms with Crippen LogP contribution < -0.4 is 15.4 Å². The first-order chi connectivity index (χ1) is 16.0. The molecule has 1 aliphatic heterocycles. The lowest BCUT2D eigenvalue weighted by molar-refractivity contribution is -0.134. The number of nitrogens with zero attached hydrogens (tertiary/aromatic N) is 3. The molecule has 2 heterocycles. The largest absolute Gasteiger partial charge is 0.490 e. The lowest BCUT2D eigenvalue weighted by Gasteiger charge is -2.22. The number of aryl methyl sites for hydroxylation is 1. The molecular weight excluding hydrogens is 425 g/mol. The smallest absolute Gasteiger partial charge is 0.243 e. The molecular formula is C24H32FN5O3. The van der Waals surface area contributed by atoms with E-state index >= 15 is 0 Å². The summed E-state index contributed by atoms with van der Waals surface area (Å²) in [6.45, 7) is 4.00. The van der Waals surface area contributed by atoms with E-state index in [0.29, 0.717) is 44.2 Å². The van der Waals surface area contributed by atoms with E-state index in [9.17, 15) is 14.0 Å². The van der Waals surface area contributed by atoms with E-state index in [2.05, 4.69) is 27.9 Å². The Kier molecular flexibility index (Phi) is 7.69. The van der Waals surface area contributed by atoms with Gasteiger partial charge in [0.25, 0.3) is 0 Å². The van der Waals surface area contributed by atoms with Gasteiger partial charge in [-0.1, -0.05) is 18.2 Å². The average molecular weight is 458 g/mol. The highest BCUT2D eigenvalue weighted by Gasteiger charge is 2.26. The Morgan fingerprint density at radius 2 is 2.15 bits per heavy atom. The quantitative estimate of drug-likeness (QED) is 0.376. The van der Waals surface area contributed by atoms with Crippen molar-refractivity contribution in [1.82, 2.24) is 25.6 Å². The predicted molar refractivity (Wildman–Crippen MR) is 120 cm³/mol. The van der Waals surface area contributed by atoms with Crippen molar-refractivity contribution in [3.8, 4) is 5.75 Å². The van der Waals surface area contributed by atoms with E-state index < -0.39 is 0 Å². The Morgan fingerprint density at radius 3 is 2.91 bits per heavy atom. The van der Waals surface area contributed by atoms with Gasteiger partial charge in [-0.25, -0.2) is 9.07 Å². The van der Waals surface area contributed by atoms with Crippen LogP contribution in [-0.2, 0) is 22.6 Å². The second-order valence-electron chi connectivity index (χ2n) is 9.02. The number of amides is 2. The molecule has 178 valence electrons. The van der Waals surface area contributed by atoms with Crippen LogP contribution in [0.4, 0.5) is 4.39 Å². The SMILES string of the molecule is CC[C@@H](Cn1nncc1CCCNC1CCC(=O)NC1=O)c1ccc(F)c(OCC2CC2)c1. The lowest BCUT2D eigenvalue weighted by atomic mass is 9.96. The van der Waals surface area contributed by atoms with Crippen molar-refractivity contribution < 1.29 is 18.7 Å². The second kappa shape index (κ2) is 10.9. The molecule has 1 aromatic heterocycles. The number of aromatic nitrogens is 3. The summed E-state index contributed by atoms with van der Waals surface area (Å²) in [5.41, 5.74) is 2.05. The molecule has 1 unspecified atom stereocenters. The zero-order valence-electron chi connectivity index (χ0n) is 19.1. The van der Waals surface area contributed by atoms with E-state index in [0.717, 1.165) is 43.4 Å². The molecule has 0 bridgehead atoms. The van der Waals surface area contributed by atoms with Crippen LogP contribution in [0.2, 0.25) is 0 Å². The molecule has 2 amide bonds. The molecule has 0 spiro atoms. The molecule has 2 aromatic rings. The summed E-state index contributed by atoms with van der Waals surface area (Å²) in [7, 11) is 0. The summed E-state index contributed by atoms with van der Waals surface area (Å²) in [5, 5.41) is 13.9. The highest BCUT2D eigenvalue weighted by Crippen LogP contribution is 2.32. The van der Waals surface area contributed by atoms with Crippen LogP contribution in [-0.4, -0.2) is 46.0 Å². The van der Waals surface area contributed by atoms with Crippen LogP contribution in [0.25, 0.3) is 0 Å². The standard InChI is InChI=1S/C24H32FN5O3/c1-2-17(18-7-8-20(25)22(12-18)33-15-16-5-6-16)14-30-19(13-27-29-30)4-3-11-26-21-9-10-23(31)28-24(21)32/h7-8,12-13,16-17,21,26H,2-6,9-11,14-15H2,1H3,(H,28,31,32)/t17-,21?/m0/s1. The molecule has 8 nitrogen and oxygen atoms in total. The molecule has 4 rings (SSSR count). The number of ether oxygens (including phenoxy) is 1. The minimum absolute atomic E-state index is 0.163. The van der Waals surface area contributed by atoms with Crippen LogP contribution in [0.5, 0.6) is 5.75 Å². The number of imide groups is 1. The normalized spacial score (nSPS) is 19.4. The van der Waals surface area contributed by atoms with Gasteiger partial charge in [-0.15, -0.1) is 5.10 Å². The highest BCUT2D eigenvalue weighted by molar-refractivity contribution is 6.00. The maximum atomic E-state index is 14.2. The fourth-order valence-electron chi connectivity index (χ4n) is 4.12. The predicted octanol–water partition coefficient (Wildman–Crippen LogP) is 2.73. The molecule has 33 heavy (non-hydrogen) atoms. The molecule has 2 N–H and O–H groups in total. The zero-order valence-corrected chi connectivity index (χ0v) is 19.1. The monoisotopic (exact) mass is 457 g/mol. The van der Waals surface area contributed by atoms with Gasteiger partial charge in [0, 0.05) is 18.9 Å². The van der Waals surface area contributed by atoms with Gasteiger partial charge in [-0.2, -0.15) is 0 Å². The van der Waals surface area contributed by atoms with Gasteiger partial charge in [0.15, 0.2) is 11.6 Å². The number of carbonyl (C=O) groups is 2. The number of carbonyl (C=O) groups excluding carboxylic acids is 2. The van der Waals surface area contributed by atoms with Crippen molar-refractivity contribution in [3.63, 3.8) is 0 Å². The fourth-order valence-corrected chi connectivity index (χ4v) is 4.12. The minimum Gasteiger partial charge on any atom is -0.490 e. The van der Waals surface area contributed by atoms with Crippen LogP contribution >= 0.6 is 0 Å². The highest BCUT2D eigenvalue weighted by atomic mass is 19.1. The molecule has 1 aliphatic carbocycles. The Labute approximate surface area is 193 Å². The summed E-state index contributed by atoms with van der Waals surface area (Å²) < 4.78 is 21.8. The van der Waals surface area contributed by atoms with Gasteiger partial charge < -0.3 is 10.1 Å². The molecule has 2 atom stereocenters. The third kappa shape index (κ3) is 6.37. The van der Waals surface area contributed by atoms with E-state index in [-0.39, 0.29) is 29.6 Å². The first-order valence-electron chi connectivity index (χ1n) is 11.9. The summed E-state index contributed by atoms with van der Waals surface area (Å²) in [6.07, 6.45) is 7.47. The fraction of sp³-hybridized carbons (Fsp3) is 0.583. The van der Waals surface area contributed by atoms with Crippen molar-refractivity contribution in [3.05, 3.63) is 41.5 Å². The average Bonchev–Trinajstić information content (AvgIpc) is 3.53. The van der Waals surface area contributed by atoms with Crippen molar-refractivity contribution >= 4 is 11.8 Å². The van der Waals surface area contributed by atoms with Gasteiger partial charge in [0.2, 0.25) is 11.8 Å². The Hall–Kier alpha value is -2.81. The van der Waals surface area contributed by atoms with Gasteiger partial charge in [-0.3, -0.25) is 14.9 Å². The molecule has 1 saturated heterocycles. The summed E-state index contributed by atoms with van der Waals surface area (Å²) in [4.78, 5) is 23.1. The van der Waals surface area contributed by atoms with E-state index in [1.165, 1.54) is 6.07 Å². The maximum Gasteiger partial charge on any atom is 0.243 e. The molecule has 1 saturated carbocycles. The van der Waals surface area contributed by atoms with Gasteiger partial charge in [0.05, 0.1) is 24.5 Å². The van der Waals surface area contributed by atoms with E-state index in [1.807, 2.05) is 16.8 Å². The summed E-state index contributed by atoms with van der Waals surface area (Å²) in [6, 6.07) is 4.83. The number of piperidine rings is 1. The lowest BCUT2D eigenvalue weighted by Crippen LogP contribution is -2.50. The number of nitrogens with one attached hydrogen (secondary N) is 2. The molecule has 2 aliphatic rings. The third-order valence-corrected chi connectivity index (χ3v) is 6.42. The van der Waals surface area contributed by atoms with Crippen LogP contribution in [0.3, 0.4) is 0 Å². The molecule has 9 heteroatoms. The number of hydrogen-bond acceptors (Lipinski definition) is 6. The Morgan fingerprint density at radius 1 is 1.30 bits per heavy atom. The Bertz CT molecular complexity index is 975. The third-order valence-electron chi connectivity index (χ3n) is 6.42. The van der Waals surface area contributed by atoms with Crippen molar-refractivity contribution in [1.29, 1.82) is 0 Å². The number of rotatable bonds is 12. The van der Waals surface area contributed by atoms with Crippen molar-refractivity contribution in [2.45, 2.75) is 70.4 Å². The van der Waals surface area contributed by atoms with Crippen LogP contribution in [0, 0.1) is 11.7 Å². The topological polar surface area (TPSA) is 98.1 Å². The summed E-state index contributed by atoms with van der Waals surface area (Å²) in [5.74, 6) is 0.285. The first kappa shape index (κ1) is 23.4. The summed E-state index contributed by atoms with van der Waals surface area (Å²) >= 11 is 0. The molecule has 2 fully saturated rings. The minimum atomic E-state index is -0.320. The number of halogens is 1.